The lowest BCUT2D eigenvalue weighted by Gasteiger charge is -2.10. The van der Waals surface area contributed by atoms with E-state index in [1.165, 1.54) is 0 Å². The minimum absolute atomic E-state index is 0.177. The lowest BCUT2D eigenvalue weighted by Crippen LogP contribution is -2.13. The van der Waals surface area contributed by atoms with Crippen molar-refractivity contribution in [3.05, 3.63) is 48.6 Å². The van der Waals surface area contributed by atoms with Crippen LogP contribution in [0.4, 0.5) is 0 Å². The van der Waals surface area contributed by atoms with Gasteiger partial charge in [-0.1, -0.05) is 19.2 Å². The van der Waals surface area contributed by atoms with Crippen LogP contribution in [0.25, 0.3) is 0 Å². The molecular formula is C21H28O7. The molecule has 0 radical (unpaired) electrons. The Morgan fingerprint density at radius 2 is 1.32 bits per heavy atom. The van der Waals surface area contributed by atoms with Gasteiger partial charge in [0.15, 0.2) is 0 Å². The van der Waals surface area contributed by atoms with Crippen LogP contribution in [-0.4, -0.2) is 51.6 Å². The summed E-state index contributed by atoms with van der Waals surface area (Å²) in [6.07, 6.45) is 0.577. The molecule has 0 fully saturated rings. The lowest BCUT2D eigenvalue weighted by atomic mass is 10.3. The van der Waals surface area contributed by atoms with Crippen molar-refractivity contribution in [3.8, 4) is 11.5 Å². The van der Waals surface area contributed by atoms with Crippen molar-refractivity contribution >= 4 is 11.9 Å². The van der Waals surface area contributed by atoms with Crippen LogP contribution in [0.2, 0.25) is 0 Å². The maximum Gasteiger partial charge on any atom is 0.333 e. The molecule has 0 saturated heterocycles. The highest BCUT2D eigenvalue weighted by Gasteiger charge is 2.04. The van der Waals surface area contributed by atoms with Gasteiger partial charge in [-0.25, -0.2) is 9.59 Å². The Hall–Kier alpha value is -2.80. The van der Waals surface area contributed by atoms with Gasteiger partial charge in [-0.2, -0.15) is 0 Å². The third kappa shape index (κ3) is 10.4. The second kappa shape index (κ2) is 13.4. The van der Waals surface area contributed by atoms with Crippen molar-refractivity contribution in [2.45, 2.75) is 20.3 Å². The van der Waals surface area contributed by atoms with E-state index in [4.69, 9.17) is 23.7 Å². The highest BCUT2D eigenvalue weighted by atomic mass is 16.6. The molecule has 0 atom stereocenters. The molecule has 28 heavy (non-hydrogen) atoms. The average molecular weight is 392 g/mol. The molecule has 0 heterocycles. The fourth-order valence-corrected chi connectivity index (χ4v) is 1.83. The summed E-state index contributed by atoms with van der Waals surface area (Å²) in [5, 5.41) is 0. The van der Waals surface area contributed by atoms with Crippen molar-refractivity contribution in [3.63, 3.8) is 0 Å². The zero-order valence-electron chi connectivity index (χ0n) is 16.5. The molecule has 0 unspecified atom stereocenters. The number of hydrogen-bond donors (Lipinski definition) is 0. The summed E-state index contributed by atoms with van der Waals surface area (Å²) >= 11 is 0. The molecule has 1 rings (SSSR count). The number of ether oxygens (including phenoxy) is 5. The molecule has 0 bridgehead atoms. The van der Waals surface area contributed by atoms with E-state index in [1.54, 1.807) is 19.9 Å². The van der Waals surface area contributed by atoms with Crippen LogP contribution in [0.5, 0.6) is 11.5 Å². The standard InChI is InChI=1S/C21H28O7/c1-16(2)20(22)27-10-6-9-25-18-7-5-8-19(15-18)26-13-11-24-12-14-28-21(23)17(3)4/h5,7-8,15H,1,3,6,9-14H2,2,4H3. The van der Waals surface area contributed by atoms with E-state index < -0.39 is 11.9 Å². The lowest BCUT2D eigenvalue weighted by molar-refractivity contribution is -0.140. The molecule has 154 valence electrons. The van der Waals surface area contributed by atoms with E-state index in [2.05, 4.69) is 13.2 Å². The minimum atomic E-state index is -0.425. The van der Waals surface area contributed by atoms with Gasteiger partial charge in [0.25, 0.3) is 0 Å². The Kier molecular flexibility index (Phi) is 11.1. The summed E-state index contributed by atoms with van der Waals surface area (Å²) in [5.41, 5.74) is 0.737. The first-order chi connectivity index (χ1) is 13.4. The fraction of sp³-hybridized carbons (Fsp3) is 0.429. The average Bonchev–Trinajstić information content (AvgIpc) is 2.66. The Labute approximate surface area is 165 Å². The summed E-state index contributed by atoms with van der Waals surface area (Å²) in [6, 6.07) is 7.23. The molecule has 1 aromatic rings. The van der Waals surface area contributed by atoms with Gasteiger partial charge in [-0.15, -0.1) is 0 Å². The van der Waals surface area contributed by atoms with Crippen LogP contribution in [0.15, 0.2) is 48.6 Å². The molecule has 0 spiro atoms. The van der Waals surface area contributed by atoms with E-state index in [-0.39, 0.29) is 13.2 Å². The van der Waals surface area contributed by atoms with Crippen LogP contribution in [0.3, 0.4) is 0 Å². The molecule has 1 aromatic carbocycles. The van der Waals surface area contributed by atoms with E-state index in [9.17, 15) is 9.59 Å². The Morgan fingerprint density at radius 1 is 0.786 bits per heavy atom. The molecule has 0 N–H and O–H groups in total. The Balaban J connectivity index is 2.14. The maximum absolute atomic E-state index is 11.2. The molecule has 0 saturated carbocycles. The molecule has 0 aliphatic heterocycles. The van der Waals surface area contributed by atoms with Crippen molar-refractivity contribution in [2.75, 3.05) is 39.6 Å². The number of carbonyl (C=O) groups excluding carboxylic acids is 2. The largest absolute Gasteiger partial charge is 0.493 e. The molecule has 0 amide bonds. The van der Waals surface area contributed by atoms with Crippen molar-refractivity contribution in [1.29, 1.82) is 0 Å². The van der Waals surface area contributed by atoms with Gasteiger partial charge in [0.2, 0.25) is 0 Å². The van der Waals surface area contributed by atoms with Gasteiger partial charge in [0.05, 0.1) is 26.4 Å². The van der Waals surface area contributed by atoms with Crippen LogP contribution in [-0.2, 0) is 23.8 Å². The zero-order valence-corrected chi connectivity index (χ0v) is 16.5. The Bertz CT molecular complexity index is 666. The second-order valence-corrected chi connectivity index (χ2v) is 5.97. The second-order valence-electron chi connectivity index (χ2n) is 5.97. The Morgan fingerprint density at radius 3 is 1.93 bits per heavy atom. The summed E-state index contributed by atoms with van der Waals surface area (Å²) in [6.45, 7) is 12.1. The molecule has 0 aliphatic rings. The number of rotatable bonds is 14. The smallest absolute Gasteiger partial charge is 0.333 e. The van der Waals surface area contributed by atoms with Crippen molar-refractivity contribution < 1.29 is 33.3 Å². The number of carbonyl (C=O) groups is 2. The van der Waals surface area contributed by atoms with Gasteiger partial charge < -0.3 is 23.7 Å². The van der Waals surface area contributed by atoms with E-state index >= 15 is 0 Å². The SMILES string of the molecule is C=C(C)C(=O)OCCCOc1cccc(OCCOCCOC(=O)C(=C)C)c1. The fourth-order valence-electron chi connectivity index (χ4n) is 1.83. The maximum atomic E-state index is 11.2. The summed E-state index contributed by atoms with van der Waals surface area (Å²) < 4.78 is 26.4. The molecule has 0 aliphatic carbocycles. The highest BCUT2D eigenvalue weighted by molar-refractivity contribution is 5.87. The van der Waals surface area contributed by atoms with Gasteiger partial charge in [0, 0.05) is 23.6 Å². The van der Waals surface area contributed by atoms with Crippen LogP contribution < -0.4 is 9.47 Å². The van der Waals surface area contributed by atoms with Crippen LogP contribution in [0.1, 0.15) is 20.3 Å². The van der Waals surface area contributed by atoms with Crippen LogP contribution >= 0.6 is 0 Å². The topological polar surface area (TPSA) is 80.3 Å². The third-order valence-electron chi connectivity index (χ3n) is 3.25. The summed E-state index contributed by atoms with van der Waals surface area (Å²) in [5.74, 6) is 0.497. The van der Waals surface area contributed by atoms with E-state index in [0.717, 1.165) is 0 Å². The summed E-state index contributed by atoms with van der Waals surface area (Å²) in [7, 11) is 0. The molecular weight excluding hydrogens is 364 g/mol. The third-order valence-corrected chi connectivity index (χ3v) is 3.25. The number of esters is 2. The molecule has 0 aromatic heterocycles. The van der Waals surface area contributed by atoms with Gasteiger partial charge in [-0.05, 0) is 26.0 Å². The number of hydrogen-bond acceptors (Lipinski definition) is 7. The summed E-state index contributed by atoms with van der Waals surface area (Å²) in [4.78, 5) is 22.4. The van der Waals surface area contributed by atoms with Crippen LogP contribution in [0, 0.1) is 0 Å². The first kappa shape index (κ1) is 23.2. The monoisotopic (exact) mass is 392 g/mol. The minimum Gasteiger partial charge on any atom is -0.493 e. The van der Waals surface area contributed by atoms with Crippen molar-refractivity contribution in [1.82, 2.24) is 0 Å². The quantitative estimate of drug-likeness (QED) is 0.273. The van der Waals surface area contributed by atoms with E-state index in [0.29, 0.717) is 55.5 Å². The zero-order chi connectivity index (χ0) is 20.8. The number of benzene rings is 1. The van der Waals surface area contributed by atoms with Gasteiger partial charge in [-0.3, -0.25) is 0 Å². The first-order valence-corrected chi connectivity index (χ1v) is 8.99. The van der Waals surface area contributed by atoms with E-state index in [1.807, 2.05) is 18.2 Å². The molecule has 7 heteroatoms. The van der Waals surface area contributed by atoms with Crippen molar-refractivity contribution in [2.24, 2.45) is 0 Å². The molecule has 7 nitrogen and oxygen atoms in total. The predicted molar refractivity (Wildman–Crippen MR) is 104 cm³/mol. The first-order valence-electron chi connectivity index (χ1n) is 8.99. The predicted octanol–water partition coefficient (Wildman–Crippen LogP) is 3.09. The van der Waals surface area contributed by atoms with Gasteiger partial charge >= 0.3 is 11.9 Å². The normalized spacial score (nSPS) is 10.1. The van der Waals surface area contributed by atoms with Gasteiger partial charge in [0.1, 0.15) is 24.7 Å². The highest BCUT2D eigenvalue weighted by Crippen LogP contribution is 2.19.